The summed E-state index contributed by atoms with van der Waals surface area (Å²) >= 11 is 5.89. The minimum atomic E-state index is 0.638. The maximum absolute atomic E-state index is 5.89. The molecule has 0 bridgehead atoms. The van der Waals surface area contributed by atoms with E-state index in [0.29, 0.717) is 6.61 Å². The van der Waals surface area contributed by atoms with Gasteiger partial charge in [-0.2, -0.15) is 0 Å². The minimum absolute atomic E-state index is 0.638. The molecule has 0 aromatic heterocycles. The molecule has 4 heteroatoms. The molecule has 1 fully saturated rings. The fourth-order valence-corrected chi connectivity index (χ4v) is 3.02. The second-order valence-corrected chi connectivity index (χ2v) is 6.53. The largest absolute Gasteiger partial charge is 0.493 e. The smallest absolute Gasteiger partial charge is 0.123 e. The Kier molecular flexibility index (Phi) is 6.39. The van der Waals surface area contributed by atoms with Crippen LogP contribution in [-0.2, 0) is 6.42 Å². The van der Waals surface area contributed by atoms with Crippen LogP contribution >= 0.6 is 11.6 Å². The predicted octanol–water partition coefficient (Wildman–Crippen LogP) is 4.44. The van der Waals surface area contributed by atoms with Gasteiger partial charge in [0.05, 0.1) is 6.61 Å². The Hall–Kier alpha value is -1.71. The Morgan fingerprint density at radius 1 is 0.875 bits per heavy atom. The van der Waals surface area contributed by atoms with Gasteiger partial charge in [-0.1, -0.05) is 29.8 Å². The summed E-state index contributed by atoms with van der Waals surface area (Å²) in [6.45, 7) is 4.78. The van der Waals surface area contributed by atoms with Crippen LogP contribution in [0, 0.1) is 0 Å². The molecule has 0 aliphatic carbocycles. The van der Waals surface area contributed by atoms with Crippen molar-refractivity contribution in [2.45, 2.75) is 19.3 Å². The minimum Gasteiger partial charge on any atom is -0.493 e. The lowest BCUT2D eigenvalue weighted by Crippen LogP contribution is -2.25. The van der Waals surface area contributed by atoms with Crippen LogP contribution in [-0.4, -0.2) is 37.7 Å². The van der Waals surface area contributed by atoms with Crippen LogP contribution in [0.15, 0.2) is 48.5 Å². The molecule has 0 atom stereocenters. The van der Waals surface area contributed by atoms with E-state index in [0.717, 1.165) is 36.1 Å². The number of nitrogens with zero attached hydrogens (tertiary/aromatic N) is 1. The van der Waals surface area contributed by atoms with Gasteiger partial charge in [-0.05, 0) is 55.8 Å². The number of rotatable bonds is 8. The second-order valence-electron chi connectivity index (χ2n) is 6.10. The normalized spacial score (nSPS) is 14.7. The van der Waals surface area contributed by atoms with Crippen molar-refractivity contribution in [3.8, 4) is 11.5 Å². The van der Waals surface area contributed by atoms with Crippen molar-refractivity contribution >= 4 is 11.6 Å². The molecule has 3 nitrogen and oxygen atoms in total. The number of likely N-dealkylation sites (tertiary alicyclic amines) is 1. The molecule has 2 aromatic carbocycles. The SMILES string of the molecule is Clc1ccc(CCOc2cccc(OCCN3CCCC3)c2)cc1. The van der Waals surface area contributed by atoms with Crippen molar-refractivity contribution in [2.75, 3.05) is 32.8 Å². The predicted molar refractivity (Wildman–Crippen MR) is 98.3 cm³/mol. The highest BCUT2D eigenvalue weighted by Crippen LogP contribution is 2.20. The van der Waals surface area contributed by atoms with E-state index in [9.17, 15) is 0 Å². The Bertz CT molecular complexity index is 624. The zero-order valence-electron chi connectivity index (χ0n) is 13.9. The number of benzene rings is 2. The van der Waals surface area contributed by atoms with Crippen LogP contribution in [0.25, 0.3) is 0 Å². The van der Waals surface area contributed by atoms with Gasteiger partial charge < -0.3 is 9.47 Å². The molecular formula is C20H24ClNO2. The van der Waals surface area contributed by atoms with Crippen LogP contribution in [0.1, 0.15) is 18.4 Å². The van der Waals surface area contributed by atoms with Gasteiger partial charge in [0.15, 0.2) is 0 Å². The summed E-state index contributed by atoms with van der Waals surface area (Å²) in [4.78, 5) is 2.45. The molecule has 0 spiro atoms. The maximum atomic E-state index is 5.89. The third-order valence-corrected chi connectivity index (χ3v) is 4.51. The van der Waals surface area contributed by atoms with Gasteiger partial charge in [-0.15, -0.1) is 0 Å². The Labute approximate surface area is 149 Å². The first-order valence-corrected chi connectivity index (χ1v) is 9.00. The second kappa shape index (κ2) is 8.95. The first-order valence-electron chi connectivity index (χ1n) is 8.62. The van der Waals surface area contributed by atoms with Crippen molar-refractivity contribution in [1.82, 2.24) is 4.90 Å². The van der Waals surface area contributed by atoms with Gasteiger partial charge in [-0.25, -0.2) is 0 Å². The van der Waals surface area contributed by atoms with Crippen LogP contribution in [0.5, 0.6) is 11.5 Å². The van der Waals surface area contributed by atoms with E-state index in [-0.39, 0.29) is 0 Å². The molecule has 0 amide bonds. The fourth-order valence-electron chi connectivity index (χ4n) is 2.89. The first-order chi connectivity index (χ1) is 11.8. The highest BCUT2D eigenvalue weighted by atomic mass is 35.5. The van der Waals surface area contributed by atoms with E-state index in [1.165, 1.54) is 31.5 Å². The van der Waals surface area contributed by atoms with E-state index in [1.807, 2.05) is 48.5 Å². The quantitative estimate of drug-likeness (QED) is 0.706. The first kappa shape index (κ1) is 17.1. The summed E-state index contributed by atoms with van der Waals surface area (Å²) in [5.74, 6) is 1.72. The van der Waals surface area contributed by atoms with Crippen LogP contribution in [0.2, 0.25) is 5.02 Å². The summed E-state index contributed by atoms with van der Waals surface area (Å²) in [7, 11) is 0. The van der Waals surface area contributed by atoms with Crippen molar-refractivity contribution in [3.05, 3.63) is 59.1 Å². The van der Waals surface area contributed by atoms with Crippen molar-refractivity contribution < 1.29 is 9.47 Å². The molecule has 3 rings (SSSR count). The van der Waals surface area contributed by atoms with Crippen molar-refractivity contribution in [1.29, 1.82) is 0 Å². The Morgan fingerprint density at radius 3 is 2.25 bits per heavy atom. The molecule has 1 aliphatic rings. The van der Waals surface area contributed by atoms with E-state index < -0.39 is 0 Å². The maximum Gasteiger partial charge on any atom is 0.123 e. The average molecular weight is 346 g/mol. The van der Waals surface area contributed by atoms with Gasteiger partial charge in [-0.3, -0.25) is 4.90 Å². The third-order valence-electron chi connectivity index (χ3n) is 4.25. The number of hydrogen-bond donors (Lipinski definition) is 0. The summed E-state index contributed by atoms with van der Waals surface area (Å²) in [5, 5.41) is 0.762. The Balaban J connectivity index is 1.41. The Morgan fingerprint density at radius 2 is 1.54 bits per heavy atom. The van der Waals surface area contributed by atoms with Crippen molar-refractivity contribution in [3.63, 3.8) is 0 Å². The molecule has 0 saturated carbocycles. The molecule has 2 aromatic rings. The molecule has 1 heterocycles. The topological polar surface area (TPSA) is 21.7 Å². The lowest BCUT2D eigenvalue weighted by Gasteiger charge is -2.15. The summed E-state index contributed by atoms with van der Waals surface area (Å²) in [6.07, 6.45) is 3.49. The zero-order valence-corrected chi connectivity index (χ0v) is 14.7. The average Bonchev–Trinajstić information content (AvgIpc) is 3.11. The molecule has 0 unspecified atom stereocenters. The molecule has 1 saturated heterocycles. The number of halogens is 1. The fraction of sp³-hybridized carbons (Fsp3) is 0.400. The molecular weight excluding hydrogens is 322 g/mol. The highest BCUT2D eigenvalue weighted by Gasteiger charge is 2.10. The van der Waals surface area contributed by atoms with E-state index in [4.69, 9.17) is 21.1 Å². The summed E-state index contributed by atoms with van der Waals surface area (Å²) < 4.78 is 11.7. The number of ether oxygens (including phenoxy) is 2. The van der Waals surface area contributed by atoms with Crippen LogP contribution < -0.4 is 9.47 Å². The number of hydrogen-bond acceptors (Lipinski definition) is 3. The lowest BCUT2D eigenvalue weighted by atomic mass is 10.2. The van der Waals surface area contributed by atoms with Crippen LogP contribution in [0.4, 0.5) is 0 Å². The van der Waals surface area contributed by atoms with E-state index in [1.54, 1.807) is 0 Å². The van der Waals surface area contributed by atoms with Gasteiger partial charge in [0.2, 0.25) is 0 Å². The molecule has 0 N–H and O–H groups in total. The summed E-state index contributed by atoms with van der Waals surface area (Å²) in [6, 6.07) is 15.8. The van der Waals surface area contributed by atoms with Gasteiger partial charge in [0.1, 0.15) is 18.1 Å². The molecule has 0 radical (unpaired) electrons. The van der Waals surface area contributed by atoms with Gasteiger partial charge in [0, 0.05) is 24.1 Å². The third kappa shape index (κ3) is 5.43. The standard InChI is InChI=1S/C20H24ClNO2/c21-18-8-6-17(7-9-18)10-14-23-19-4-3-5-20(16-19)24-15-13-22-11-1-2-12-22/h3-9,16H,1-2,10-15H2. The van der Waals surface area contributed by atoms with Crippen LogP contribution in [0.3, 0.4) is 0 Å². The molecule has 1 aliphatic heterocycles. The van der Waals surface area contributed by atoms with Gasteiger partial charge in [0.25, 0.3) is 0 Å². The van der Waals surface area contributed by atoms with Gasteiger partial charge >= 0.3 is 0 Å². The van der Waals surface area contributed by atoms with E-state index in [2.05, 4.69) is 4.90 Å². The highest BCUT2D eigenvalue weighted by molar-refractivity contribution is 6.30. The molecule has 24 heavy (non-hydrogen) atoms. The zero-order chi connectivity index (χ0) is 16.6. The monoisotopic (exact) mass is 345 g/mol. The molecule has 128 valence electrons. The lowest BCUT2D eigenvalue weighted by molar-refractivity contribution is 0.236. The van der Waals surface area contributed by atoms with Crippen molar-refractivity contribution in [2.24, 2.45) is 0 Å². The van der Waals surface area contributed by atoms with E-state index >= 15 is 0 Å². The summed E-state index contributed by atoms with van der Waals surface area (Å²) in [5.41, 5.74) is 1.22.